The predicted octanol–water partition coefficient (Wildman–Crippen LogP) is 1.35. The number of aliphatic hydroxyl groups is 1. The Morgan fingerprint density at radius 2 is 2.06 bits per heavy atom. The SMILES string of the molecule is Cc1nc(N)oc1C(O)c1ccccc1O. The van der Waals surface area contributed by atoms with Gasteiger partial charge in [0.2, 0.25) is 0 Å². The number of rotatable bonds is 2. The van der Waals surface area contributed by atoms with Crippen LogP contribution in [0.3, 0.4) is 0 Å². The van der Waals surface area contributed by atoms with Crippen LogP contribution < -0.4 is 5.73 Å². The minimum Gasteiger partial charge on any atom is -0.508 e. The van der Waals surface area contributed by atoms with Gasteiger partial charge < -0.3 is 20.4 Å². The average Bonchev–Trinajstić information content (AvgIpc) is 2.58. The van der Waals surface area contributed by atoms with Gasteiger partial charge in [0.1, 0.15) is 11.9 Å². The summed E-state index contributed by atoms with van der Waals surface area (Å²) in [7, 11) is 0. The first-order chi connectivity index (χ1) is 7.59. The van der Waals surface area contributed by atoms with Crippen LogP contribution in [0.25, 0.3) is 0 Å². The van der Waals surface area contributed by atoms with Crippen molar-refractivity contribution in [2.75, 3.05) is 5.73 Å². The van der Waals surface area contributed by atoms with Gasteiger partial charge in [0.25, 0.3) is 6.01 Å². The molecule has 0 fully saturated rings. The van der Waals surface area contributed by atoms with Crippen molar-refractivity contribution in [3.8, 4) is 5.75 Å². The largest absolute Gasteiger partial charge is 0.508 e. The lowest BCUT2D eigenvalue weighted by Crippen LogP contribution is -2.00. The third kappa shape index (κ3) is 1.72. The van der Waals surface area contributed by atoms with Crippen LogP contribution >= 0.6 is 0 Å². The van der Waals surface area contributed by atoms with Crippen molar-refractivity contribution in [2.24, 2.45) is 0 Å². The molecule has 0 bridgehead atoms. The van der Waals surface area contributed by atoms with Crippen molar-refractivity contribution in [3.05, 3.63) is 41.3 Å². The topological polar surface area (TPSA) is 92.5 Å². The molecular weight excluding hydrogens is 208 g/mol. The zero-order valence-electron chi connectivity index (χ0n) is 8.71. The molecule has 1 aromatic carbocycles. The first-order valence-corrected chi connectivity index (χ1v) is 4.78. The van der Waals surface area contributed by atoms with Crippen molar-refractivity contribution >= 4 is 6.01 Å². The number of nitrogens with zero attached hydrogens (tertiary/aromatic N) is 1. The summed E-state index contributed by atoms with van der Waals surface area (Å²) in [6, 6.07) is 6.49. The van der Waals surface area contributed by atoms with Gasteiger partial charge in [0.15, 0.2) is 5.76 Å². The zero-order valence-corrected chi connectivity index (χ0v) is 8.71. The molecule has 0 amide bonds. The first kappa shape index (κ1) is 10.5. The van der Waals surface area contributed by atoms with Crippen molar-refractivity contribution in [1.82, 2.24) is 4.98 Å². The van der Waals surface area contributed by atoms with E-state index in [-0.39, 0.29) is 17.5 Å². The second kappa shape index (κ2) is 3.86. The van der Waals surface area contributed by atoms with Crippen LogP contribution in [0.15, 0.2) is 28.7 Å². The summed E-state index contributed by atoms with van der Waals surface area (Å²) >= 11 is 0. The lowest BCUT2D eigenvalue weighted by atomic mass is 10.1. The maximum Gasteiger partial charge on any atom is 0.292 e. The quantitative estimate of drug-likeness (QED) is 0.710. The number of nitrogens with two attached hydrogens (primary N) is 1. The van der Waals surface area contributed by atoms with E-state index in [1.807, 2.05) is 0 Å². The predicted molar refractivity (Wildman–Crippen MR) is 57.8 cm³/mol. The highest BCUT2D eigenvalue weighted by Gasteiger charge is 2.21. The summed E-state index contributed by atoms with van der Waals surface area (Å²) < 4.78 is 5.09. The molecular formula is C11H12N2O3. The highest BCUT2D eigenvalue weighted by atomic mass is 16.4. The van der Waals surface area contributed by atoms with E-state index < -0.39 is 6.10 Å². The van der Waals surface area contributed by atoms with Crippen LogP contribution in [0.2, 0.25) is 0 Å². The van der Waals surface area contributed by atoms with Gasteiger partial charge in [-0.1, -0.05) is 18.2 Å². The van der Waals surface area contributed by atoms with Crippen LogP contribution in [0.1, 0.15) is 23.1 Å². The number of oxazole rings is 1. The molecule has 4 N–H and O–H groups in total. The molecule has 2 aromatic rings. The fourth-order valence-electron chi connectivity index (χ4n) is 1.54. The molecule has 1 aromatic heterocycles. The summed E-state index contributed by atoms with van der Waals surface area (Å²) in [6.07, 6.45) is -1.06. The Kier molecular flexibility index (Phi) is 2.54. The molecule has 16 heavy (non-hydrogen) atoms. The number of aliphatic hydroxyl groups excluding tert-OH is 1. The molecule has 0 aliphatic heterocycles. The number of aryl methyl sites for hydroxylation is 1. The van der Waals surface area contributed by atoms with E-state index in [9.17, 15) is 10.2 Å². The lowest BCUT2D eigenvalue weighted by Gasteiger charge is -2.10. The van der Waals surface area contributed by atoms with Crippen molar-refractivity contribution in [3.63, 3.8) is 0 Å². The van der Waals surface area contributed by atoms with Crippen LogP contribution in [-0.2, 0) is 0 Å². The van der Waals surface area contributed by atoms with Gasteiger partial charge in [0.05, 0.1) is 5.69 Å². The fraction of sp³-hybridized carbons (Fsp3) is 0.182. The van der Waals surface area contributed by atoms with E-state index in [4.69, 9.17) is 10.2 Å². The molecule has 1 unspecified atom stereocenters. The molecule has 5 nitrogen and oxygen atoms in total. The normalized spacial score (nSPS) is 12.6. The van der Waals surface area contributed by atoms with E-state index in [0.29, 0.717) is 11.3 Å². The number of aromatic hydroxyl groups is 1. The molecule has 0 saturated heterocycles. The monoisotopic (exact) mass is 220 g/mol. The number of phenols is 1. The molecule has 0 radical (unpaired) electrons. The van der Waals surface area contributed by atoms with E-state index in [0.717, 1.165) is 0 Å². The fourth-order valence-corrected chi connectivity index (χ4v) is 1.54. The molecule has 84 valence electrons. The third-order valence-electron chi connectivity index (χ3n) is 2.33. The smallest absolute Gasteiger partial charge is 0.292 e. The molecule has 2 rings (SSSR count). The minimum atomic E-state index is -1.06. The molecule has 1 atom stereocenters. The van der Waals surface area contributed by atoms with Crippen LogP contribution in [-0.4, -0.2) is 15.2 Å². The Labute approximate surface area is 92.2 Å². The summed E-state index contributed by atoms with van der Waals surface area (Å²) in [6.45, 7) is 1.68. The summed E-state index contributed by atoms with van der Waals surface area (Å²) in [5.74, 6) is 0.253. The molecule has 5 heteroatoms. The van der Waals surface area contributed by atoms with Crippen molar-refractivity contribution < 1.29 is 14.6 Å². The number of phenolic OH excluding ortho intramolecular Hbond substituents is 1. The Morgan fingerprint density at radius 3 is 2.62 bits per heavy atom. The molecule has 0 spiro atoms. The Bertz CT molecular complexity index is 508. The zero-order chi connectivity index (χ0) is 11.7. The third-order valence-corrected chi connectivity index (χ3v) is 2.33. The van der Waals surface area contributed by atoms with Crippen LogP contribution in [0.4, 0.5) is 6.01 Å². The van der Waals surface area contributed by atoms with Crippen molar-refractivity contribution in [2.45, 2.75) is 13.0 Å². The lowest BCUT2D eigenvalue weighted by molar-refractivity contribution is 0.186. The molecule has 0 saturated carbocycles. The maximum atomic E-state index is 10.0. The van der Waals surface area contributed by atoms with E-state index in [1.165, 1.54) is 6.07 Å². The number of anilines is 1. The van der Waals surface area contributed by atoms with Crippen LogP contribution in [0.5, 0.6) is 5.75 Å². The standard InChI is InChI=1S/C11H12N2O3/c1-6-10(16-11(12)13-6)9(15)7-4-2-3-5-8(7)14/h2-5,9,14-15H,1H3,(H2,12,13). The van der Waals surface area contributed by atoms with Gasteiger partial charge >= 0.3 is 0 Å². The van der Waals surface area contributed by atoms with Gasteiger partial charge in [0, 0.05) is 5.56 Å². The minimum absolute atomic E-state index is 0.00182. The number of benzene rings is 1. The molecule has 1 heterocycles. The average molecular weight is 220 g/mol. The van der Waals surface area contributed by atoms with E-state index >= 15 is 0 Å². The Hall–Kier alpha value is -2.01. The van der Waals surface area contributed by atoms with Crippen molar-refractivity contribution in [1.29, 1.82) is 0 Å². The summed E-state index contributed by atoms with van der Waals surface area (Å²) in [4.78, 5) is 3.86. The first-order valence-electron chi connectivity index (χ1n) is 4.78. The highest BCUT2D eigenvalue weighted by molar-refractivity contribution is 5.38. The number of hydrogen-bond acceptors (Lipinski definition) is 5. The summed E-state index contributed by atoms with van der Waals surface area (Å²) in [5.41, 5.74) is 6.25. The number of aromatic nitrogens is 1. The van der Waals surface area contributed by atoms with Gasteiger partial charge in [-0.05, 0) is 13.0 Å². The van der Waals surface area contributed by atoms with Gasteiger partial charge in [-0.2, -0.15) is 4.98 Å². The van der Waals surface area contributed by atoms with Gasteiger partial charge in [-0.25, -0.2) is 0 Å². The highest BCUT2D eigenvalue weighted by Crippen LogP contribution is 2.31. The van der Waals surface area contributed by atoms with E-state index in [1.54, 1.807) is 25.1 Å². The van der Waals surface area contributed by atoms with Crippen LogP contribution in [0, 0.1) is 6.92 Å². The Morgan fingerprint density at radius 1 is 1.38 bits per heavy atom. The summed E-state index contributed by atoms with van der Waals surface area (Å²) in [5, 5.41) is 19.6. The molecule has 0 aliphatic carbocycles. The molecule has 0 aliphatic rings. The number of para-hydroxylation sites is 1. The van der Waals surface area contributed by atoms with Gasteiger partial charge in [-0.15, -0.1) is 0 Å². The maximum absolute atomic E-state index is 10.0. The van der Waals surface area contributed by atoms with Gasteiger partial charge in [-0.3, -0.25) is 0 Å². The Balaban J connectivity index is 2.43. The van der Waals surface area contributed by atoms with E-state index in [2.05, 4.69) is 4.98 Å². The number of hydrogen-bond donors (Lipinski definition) is 3. The second-order valence-corrected chi connectivity index (χ2v) is 3.46. The number of nitrogen functional groups attached to an aromatic ring is 1. The second-order valence-electron chi connectivity index (χ2n) is 3.46.